The lowest BCUT2D eigenvalue weighted by atomic mass is 9.87. The Morgan fingerprint density at radius 1 is 1.37 bits per heavy atom. The molecule has 2 amide bonds. The number of rotatable bonds is 4. The zero-order valence-electron chi connectivity index (χ0n) is 18.3. The van der Waals surface area contributed by atoms with Crippen LogP contribution in [0.2, 0.25) is 5.02 Å². The van der Waals surface area contributed by atoms with Crippen LogP contribution in [0.4, 0.5) is 5.82 Å². The number of anilines is 1. The van der Waals surface area contributed by atoms with E-state index >= 15 is 0 Å². The Balaban J connectivity index is 2.18. The number of nitrogens with zero attached hydrogens (tertiary/aromatic N) is 3. The molecule has 0 bridgehead atoms. The minimum atomic E-state index is -0.234. The first-order valence-corrected chi connectivity index (χ1v) is 11.5. The van der Waals surface area contributed by atoms with Gasteiger partial charge in [0.2, 0.25) is 11.8 Å². The Bertz CT molecular complexity index is 965. The highest BCUT2D eigenvalue weighted by atomic mass is 35.5. The number of carbonyl (C=O) groups is 2. The molecular formula is C22H29ClN4O2S. The van der Waals surface area contributed by atoms with Crippen LogP contribution in [0.1, 0.15) is 56.7 Å². The number of fused-ring (bicyclic) bond motifs is 1. The van der Waals surface area contributed by atoms with Gasteiger partial charge in [-0.3, -0.25) is 19.2 Å². The third kappa shape index (κ3) is 4.67. The van der Waals surface area contributed by atoms with Crippen molar-refractivity contribution in [3.63, 3.8) is 0 Å². The van der Waals surface area contributed by atoms with Crippen LogP contribution in [0.25, 0.3) is 0 Å². The second-order valence-corrected chi connectivity index (χ2v) is 10.4. The van der Waals surface area contributed by atoms with Gasteiger partial charge >= 0.3 is 0 Å². The molecule has 30 heavy (non-hydrogen) atoms. The molecular weight excluding hydrogens is 420 g/mol. The molecule has 0 saturated heterocycles. The lowest BCUT2D eigenvalue weighted by Gasteiger charge is -2.24. The molecule has 0 spiro atoms. The lowest BCUT2D eigenvalue weighted by molar-refractivity contribution is -0.123. The minimum Gasteiger partial charge on any atom is -0.352 e. The lowest BCUT2D eigenvalue weighted by Crippen LogP contribution is -2.44. The summed E-state index contributed by atoms with van der Waals surface area (Å²) in [4.78, 5) is 27.2. The highest BCUT2D eigenvalue weighted by Gasteiger charge is 2.38. The molecule has 2 aromatic rings. The molecule has 1 aromatic heterocycles. The molecule has 0 saturated carbocycles. The van der Waals surface area contributed by atoms with Crippen LogP contribution < -0.4 is 10.2 Å². The standard InChI is InChI=1S/C22H29ClN4O2S/c1-13(2)24-16(28)11-27-17(29)12-30-19(14-8-7-9-15(23)10-14)18-20(22(3,4)5)25-26(6)21(18)27/h7-10,13,19H,11-12H2,1-6H3,(H,24,28). The van der Waals surface area contributed by atoms with Gasteiger partial charge in [-0.2, -0.15) is 5.10 Å². The van der Waals surface area contributed by atoms with Crippen LogP contribution in [0.3, 0.4) is 0 Å². The fourth-order valence-electron chi connectivity index (χ4n) is 3.69. The van der Waals surface area contributed by atoms with Crippen LogP contribution in [0.5, 0.6) is 0 Å². The maximum Gasteiger partial charge on any atom is 0.240 e. The Hall–Kier alpha value is -1.99. The van der Waals surface area contributed by atoms with Gasteiger partial charge in [-0.25, -0.2) is 0 Å². The van der Waals surface area contributed by atoms with Crippen LogP contribution >= 0.6 is 23.4 Å². The summed E-state index contributed by atoms with van der Waals surface area (Å²) in [5.41, 5.74) is 2.68. The number of benzene rings is 1. The van der Waals surface area contributed by atoms with Crippen molar-refractivity contribution >= 4 is 41.0 Å². The molecule has 8 heteroatoms. The maximum atomic E-state index is 13.1. The summed E-state index contributed by atoms with van der Waals surface area (Å²) < 4.78 is 1.74. The van der Waals surface area contributed by atoms with Crippen molar-refractivity contribution < 1.29 is 9.59 Å². The van der Waals surface area contributed by atoms with Crippen molar-refractivity contribution in [3.05, 3.63) is 46.1 Å². The van der Waals surface area contributed by atoms with E-state index in [9.17, 15) is 9.59 Å². The second-order valence-electron chi connectivity index (χ2n) is 8.91. The largest absolute Gasteiger partial charge is 0.352 e. The van der Waals surface area contributed by atoms with Crippen molar-refractivity contribution in [2.24, 2.45) is 7.05 Å². The van der Waals surface area contributed by atoms with E-state index in [0.29, 0.717) is 10.8 Å². The first kappa shape index (κ1) is 22.7. The van der Waals surface area contributed by atoms with Gasteiger partial charge in [-0.1, -0.05) is 44.5 Å². The van der Waals surface area contributed by atoms with E-state index in [1.807, 2.05) is 45.2 Å². The molecule has 3 rings (SSSR count). The van der Waals surface area contributed by atoms with Crippen molar-refractivity contribution in [2.45, 2.75) is 51.3 Å². The van der Waals surface area contributed by atoms with Gasteiger partial charge in [0.25, 0.3) is 0 Å². The highest BCUT2D eigenvalue weighted by molar-refractivity contribution is 8.00. The summed E-state index contributed by atoms with van der Waals surface area (Å²) in [6, 6.07) is 7.73. The van der Waals surface area contributed by atoms with E-state index in [0.717, 1.165) is 16.8 Å². The van der Waals surface area contributed by atoms with Crippen molar-refractivity contribution in [1.82, 2.24) is 15.1 Å². The summed E-state index contributed by atoms with van der Waals surface area (Å²) in [5, 5.41) is 8.23. The number of aromatic nitrogens is 2. The smallest absolute Gasteiger partial charge is 0.240 e. The van der Waals surface area contributed by atoms with E-state index in [-0.39, 0.29) is 40.8 Å². The van der Waals surface area contributed by atoms with Gasteiger partial charge in [-0.05, 0) is 31.5 Å². The van der Waals surface area contributed by atoms with E-state index in [1.54, 1.807) is 21.3 Å². The summed E-state index contributed by atoms with van der Waals surface area (Å²) in [6.07, 6.45) is 0. The Kier molecular flexibility index (Phi) is 6.53. The average Bonchev–Trinajstić information content (AvgIpc) is 2.89. The molecule has 1 unspecified atom stereocenters. The van der Waals surface area contributed by atoms with Crippen LogP contribution in [0.15, 0.2) is 24.3 Å². The van der Waals surface area contributed by atoms with Gasteiger partial charge in [0.05, 0.1) is 16.7 Å². The molecule has 0 aliphatic carbocycles. The fourth-order valence-corrected chi connectivity index (χ4v) is 5.07. The third-order valence-electron chi connectivity index (χ3n) is 4.86. The fraction of sp³-hybridized carbons (Fsp3) is 0.500. The Morgan fingerprint density at radius 3 is 2.67 bits per heavy atom. The van der Waals surface area contributed by atoms with Crippen LogP contribution in [-0.2, 0) is 22.1 Å². The summed E-state index contributed by atoms with van der Waals surface area (Å²) >= 11 is 7.83. The van der Waals surface area contributed by atoms with E-state index in [4.69, 9.17) is 16.7 Å². The molecule has 1 aliphatic heterocycles. The number of amides is 2. The highest BCUT2D eigenvalue weighted by Crippen LogP contribution is 2.47. The summed E-state index contributed by atoms with van der Waals surface area (Å²) in [6.45, 7) is 10.1. The number of hydrogen-bond acceptors (Lipinski definition) is 4. The number of halogens is 1. The average molecular weight is 449 g/mol. The molecule has 1 N–H and O–H groups in total. The summed E-state index contributed by atoms with van der Waals surface area (Å²) in [5.74, 6) is 0.658. The molecule has 1 aliphatic rings. The first-order chi connectivity index (χ1) is 14.0. The Morgan fingerprint density at radius 2 is 2.07 bits per heavy atom. The minimum absolute atomic E-state index is 0.00399. The molecule has 1 aromatic carbocycles. The molecule has 2 heterocycles. The number of carbonyl (C=O) groups excluding carboxylic acids is 2. The SMILES string of the molecule is CC(C)NC(=O)CN1C(=O)CSC(c2cccc(Cl)c2)c2c(C(C)(C)C)nn(C)c21. The number of nitrogens with one attached hydrogen (secondary N) is 1. The van der Waals surface area contributed by atoms with Crippen molar-refractivity contribution in [2.75, 3.05) is 17.2 Å². The van der Waals surface area contributed by atoms with Crippen molar-refractivity contribution in [1.29, 1.82) is 0 Å². The van der Waals surface area contributed by atoms with E-state index in [2.05, 4.69) is 26.1 Å². The zero-order valence-corrected chi connectivity index (χ0v) is 19.9. The van der Waals surface area contributed by atoms with Crippen LogP contribution in [-0.4, -0.2) is 39.9 Å². The van der Waals surface area contributed by atoms with E-state index in [1.165, 1.54) is 0 Å². The number of thioether (sulfide) groups is 1. The molecule has 1 atom stereocenters. The van der Waals surface area contributed by atoms with Gasteiger partial charge in [0, 0.05) is 29.1 Å². The van der Waals surface area contributed by atoms with Gasteiger partial charge in [-0.15, -0.1) is 11.8 Å². The van der Waals surface area contributed by atoms with Gasteiger partial charge in [0.1, 0.15) is 12.4 Å². The number of hydrogen-bond donors (Lipinski definition) is 1. The van der Waals surface area contributed by atoms with E-state index < -0.39 is 0 Å². The summed E-state index contributed by atoms with van der Waals surface area (Å²) in [7, 11) is 1.83. The monoisotopic (exact) mass is 448 g/mol. The van der Waals surface area contributed by atoms with Crippen molar-refractivity contribution in [3.8, 4) is 0 Å². The molecule has 6 nitrogen and oxygen atoms in total. The molecule has 0 fully saturated rings. The normalized spacial score (nSPS) is 17.1. The predicted octanol–water partition coefficient (Wildman–Crippen LogP) is 4.06. The Labute approximate surface area is 187 Å². The zero-order chi connectivity index (χ0) is 22.2. The molecule has 162 valence electrons. The maximum absolute atomic E-state index is 13.1. The second kappa shape index (κ2) is 8.63. The van der Waals surface area contributed by atoms with Crippen LogP contribution in [0, 0.1) is 0 Å². The quantitative estimate of drug-likeness (QED) is 0.765. The van der Waals surface area contributed by atoms with Gasteiger partial charge in [0.15, 0.2) is 0 Å². The first-order valence-electron chi connectivity index (χ1n) is 10.0. The topological polar surface area (TPSA) is 67.2 Å². The molecule has 0 radical (unpaired) electrons. The predicted molar refractivity (Wildman–Crippen MR) is 123 cm³/mol. The third-order valence-corrected chi connectivity index (χ3v) is 6.35. The number of aryl methyl sites for hydroxylation is 1. The van der Waals surface area contributed by atoms with Gasteiger partial charge < -0.3 is 5.32 Å².